The van der Waals surface area contributed by atoms with E-state index in [0.29, 0.717) is 0 Å². The first-order valence-corrected chi connectivity index (χ1v) is 8.69. The van der Waals surface area contributed by atoms with Gasteiger partial charge in [0.2, 0.25) is 5.91 Å². The van der Waals surface area contributed by atoms with Crippen LogP contribution in [-0.2, 0) is 19.4 Å². The lowest BCUT2D eigenvalue weighted by molar-refractivity contribution is -0.139. The lowest BCUT2D eigenvalue weighted by Gasteiger charge is -2.21. The molecular formula is C15H21NO6S. The predicted octanol–water partition coefficient (Wildman–Crippen LogP) is 2.02. The summed E-state index contributed by atoms with van der Waals surface area (Å²) < 4.78 is 23.7. The Morgan fingerprint density at radius 1 is 1.22 bits per heavy atom. The van der Waals surface area contributed by atoms with Gasteiger partial charge in [0.15, 0.2) is 9.84 Å². The number of amides is 1. The number of carbonyl (C=O) groups excluding carboxylic acids is 1. The van der Waals surface area contributed by atoms with Crippen LogP contribution in [0.15, 0.2) is 23.1 Å². The van der Waals surface area contributed by atoms with E-state index in [9.17, 15) is 23.1 Å². The first kappa shape index (κ1) is 19.0. The van der Waals surface area contributed by atoms with Gasteiger partial charge in [0.25, 0.3) is 0 Å². The number of hydrogen-bond donors (Lipinski definition) is 3. The summed E-state index contributed by atoms with van der Waals surface area (Å²) in [5.41, 5.74) is -0.783. The second-order valence-corrected chi connectivity index (χ2v) is 8.32. The highest BCUT2D eigenvalue weighted by Gasteiger charge is 2.26. The molecule has 0 bridgehead atoms. The first-order valence-electron chi connectivity index (χ1n) is 7.04. The van der Waals surface area contributed by atoms with E-state index < -0.39 is 27.1 Å². The second kappa shape index (κ2) is 6.99. The van der Waals surface area contributed by atoms with E-state index in [4.69, 9.17) is 5.11 Å². The molecule has 0 spiro atoms. The number of carbonyl (C=O) groups is 2. The minimum atomic E-state index is -3.46. The van der Waals surface area contributed by atoms with E-state index in [1.165, 1.54) is 25.1 Å². The van der Waals surface area contributed by atoms with Gasteiger partial charge in [0.1, 0.15) is 5.75 Å². The molecule has 0 aliphatic rings. The van der Waals surface area contributed by atoms with Gasteiger partial charge < -0.3 is 15.5 Å². The lowest BCUT2D eigenvalue weighted by Crippen LogP contribution is -2.25. The molecule has 0 aliphatic heterocycles. The maximum Gasteiger partial charge on any atom is 0.303 e. The number of phenols is 1. The largest absolute Gasteiger partial charge is 0.506 e. The molecule has 1 aromatic rings. The van der Waals surface area contributed by atoms with Crippen LogP contribution in [0.25, 0.3) is 0 Å². The van der Waals surface area contributed by atoms with Crippen molar-refractivity contribution in [3.8, 4) is 5.75 Å². The fourth-order valence-corrected chi connectivity index (χ4v) is 2.98. The number of phenolic OH excluding ortho intramolecular Hbond substituents is 1. The number of anilines is 1. The van der Waals surface area contributed by atoms with Gasteiger partial charge in [-0.3, -0.25) is 9.59 Å². The van der Waals surface area contributed by atoms with Gasteiger partial charge in [-0.15, -0.1) is 0 Å². The molecule has 0 atom stereocenters. The van der Waals surface area contributed by atoms with Crippen LogP contribution in [0.4, 0.5) is 5.69 Å². The van der Waals surface area contributed by atoms with Gasteiger partial charge in [-0.1, -0.05) is 20.8 Å². The summed E-state index contributed by atoms with van der Waals surface area (Å²) in [7, 11) is -3.46. The van der Waals surface area contributed by atoms with Crippen LogP contribution in [0.2, 0.25) is 0 Å². The van der Waals surface area contributed by atoms with Gasteiger partial charge in [0, 0.05) is 6.42 Å². The van der Waals surface area contributed by atoms with E-state index in [1.54, 1.807) is 13.8 Å². The molecule has 3 N–H and O–H groups in total. The van der Waals surface area contributed by atoms with Crippen LogP contribution < -0.4 is 5.32 Å². The van der Waals surface area contributed by atoms with E-state index in [-0.39, 0.29) is 34.9 Å². The van der Waals surface area contributed by atoms with Crippen molar-refractivity contribution in [2.45, 2.75) is 38.5 Å². The quantitative estimate of drug-likeness (QED) is 0.651. The molecule has 0 heterocycles. The topological polar surface area (TPSA) is 121 Å². The molecule has 7 nitrogen and oxygen atoms in total. The number of nitrogens with one attached hydrogen (secondary N) is 1. The Morgan fingerprint density at radius 2 is 1.83 bits per heavy atom. The van der Waals surface area contributed by atoms with Crippen LogP contribution in [0, 0.1) is 5.41 Å². The van der Waals surface area contributed by atoms with Crippen molar-refractivity contribution in [1.82, 2.24) is 0 Å². The molecular weight excluding hydrogens is 322 g/mol. The number of rotatable bonds is 7. The normalized spacial score (nSPS) is 12.0. The maximum atomic E-state index is 12.0. The van der Waals surface area contributed by atoms with Crippen molar-refractivity contribution >= 4 is 27.4 Å². The zero-order valence-electron chi connectivity index (χ0n) is 13.3. The number of aromatic hydroxyl groups is 1. The summed E-state index contributed by atoms with van der Waals surface area (Å²) in [6.07, 6.45) is -0.264. The fourth-order valence-electron chi connectivity index (χ4n) is 2.08. The third-order valence-corrected chi connectivity index (χ3v) is 4.98. The van der Waals surface area contributed by atoms with E-state index in [0.717, 1.165) is 0 Å². The number of carboxylic acid groups (broad SMARTS) is 1. The third kappa shape index (κ3) is 5.55. The Balaban J connectivity index is 2.94. The van der Waals surface area contributed by atoms with Gasteiger partial charge in [-0.25, -0.2) is 8.42 Å². The Morgan fingerprint density at radius 3 is 2.35 bits per heavy atom. The zero-order valence-corrected chi connectivity index (χ0v) is 14.1. The smallest absolute Gasteiger partial charge is 0.303 e. The van der Waals surface area contributed by atoms with Crippen LogP contribution in [0.5, 0.6) is 5.75 Å². The second-order valence-electron chi connectivity index (χ2n) is 6.04. The maximum absolute atomic E-state index is 12.0. The first-order chi connectivity index (χ1) is 10.5. The van der Waals surface area contributed by atoms with Gasteiger partial charge in [-0.05, 0) is 23.6 Å². The van der Waals surface area contributed by atoms with E-state index in [1.807, 2.05) is 0 Å². The molecule has 0 unspecified atom stereocenters. The number of benzene rings is 1. The van der Waals surface area contributed by atoms with E-state index in [2.05, 4.69) is 5.32 Å². The van der Waals surface area contributed by atoms with Crippen molar-refractivity contribution in [3.05, 3.63) is 18.2 Å². The van der Waals surface area contributed by atoms with Gasteiger partial charge in [0.05, 0.1) is 22.8 Å². The molecule has 0 saturated carbocycles. The summed E-state index contributed by atoms with van der Waals surface area (Å²) in [6, 6.07) is 3.65. The monoisotopic (exact) mass is 343 g/mol. The Labute approximate surface area is 135 Å². The van der Waals surface area contributed by atoms with Crippen LogP contribution >= 0.6 is 0 Å². The molecule has 128 valence electrons. The van der Waals surface area contributed by atoms with Crippen molar-refractivity contribution in [1.29, 1.82) is 0 Å². The Kier molecular flexibility index (Phi) is 5.76. The van der Waals surface area contributed by atoms with Crippen molar-refractivity contribution in [2.24, 2.45) is 5.41 Å². The fraction of sp³-hybridized carbons (Fsp3) is 0.467. The lowest BCUT2D eigenvalue weighted by atomic mass is 9.85. The SMILES string of the molecule is CCS(=O)(=O)c1ccc(O)c(NC(=O)CC(C)(C)CC(=O)O)c1. The molecule has 1 aromatic carbocycles. The Bertz CT molecular complexity index is 709. The summed E-state index contributed by atoms with van der Waals surface area (Å²) in [6.45, 7) is 4.77. The summed E-state index contributed by atoms with van der Waals surface area (Å²) in [5, 5.41) is 21.0. The minimum Gasteiger partial charge on any atom is -0.506 e. The highest BCUT2D eigenvalue weighted by Crippen LogP contribution is 2.29. The van der Waals surface area contributed by atoms with Crippen molar-refractivity contribution in [3.63, 3.8) is 0 Å². The molecule has 1 rings (SSSR count). The summed E-state index contributed by atoms with van der Waals surface area (Å²) in [4.78, 5) is 22.8. The standard InChI is InChI=1S/C15H21NO6S/c1-4-23(21,22)10-5-6-12(17)11(7-10)16-13(18)8-15(2,3)9-14(19)20/h5-7,17H,4,8-9H2,1-3H3,(H,16,18)(H,19,20). The van der Waals surface area contributed by atoms with Crippen LogP contribution in [-0.4, -0.2) is 36.3 Å². The molecule has 23 heavy (non-hydrogen) atoms. The Hall–Kier alpha value is -2.09. The third-order valence-electron chi connectivity index (χ3n) is 3.25. The van der Waals surface area contributed by atoms with Crippen LogP contribution in [0.1, 0.15) is 33.6 Å². The average Bonchev–Trinajstić information content (AvgIpc) is 2.38. The number of sulfone groups is 1. The van der Waals surface area contributed by atoms with Gasteiger partial charge >= 0.3 is 5.97 Å². The van der Waals surface area contributed by atoms with E-state index >= 15 is 0 Å². The predicted molar refractivity (Wildman–Crippen MR) is 85.1 cm³/mol. The number of aliphatic carboxylic acids is 1. The molecule has 0 radical (unpaired) electrons. The van der Waals surface area contributed by atoms with Crippen molar-refractivity contribution in [2.75, 3.05) is 11.1 Å². The number of carboxylic acids is 1. The molecule has 8 heteroatoms. The molecule has 0 aliphatic carbocycles. The molecule has 1 amide bonds. The molecule has 0 aromatic heterocycles. The summed E-state index contributed by atoms with van der Waals surface area (Å²) >= 11 is 0. The average molecular weight is 343 g/mol. The van der Waals surface area contributed by atoms with Crippen LogP contribution in [0.3, 0.4) is 0 Å². The molecule has 0 fully saturated rings. The zero-order chi connectivity index (χ0) is 17.8. The number of hydrogen-bond acceptors (Lipinski definition) is 5. The molecule has 0 saturated heterocycles. The highest BCUT2D eigenvalue weighted by atomic mass is 32.2. The van der Waals surface area contributed by atoms with Gasteiger partial charge in [-0.2, -0.15) is 0 Å². The minimum absolute atomic E-state index is 0.00195. The summed E-state index contributed by atoms with van der Waals surface area (Å²) in [5.74, 6) is -1.87. The highest BCUT2D eigenvalue weighted by molar-refractivity contribution is 7.91. The van der Waals surface area contributed by atoms with Crippen molar-refractivity contribution < 1.29 is 28.2 Å².